The maximum atomic E-state index is 13.5. The number of rotatable bonds is 10. The lowest BCUT2D eigenvalue weighted by atomic mass is 10.0. The number of nitrogens with one attached hydrogen (secondary N) is 2. The SMILES string of the molecule is COc1ccc(N(C)C(=O)C(Cc2ccccc2)NC(=O)Cn2cc(-c3ccc(NC(C)=O)cc3)nn2)cc1. The minimum atomic E-state index is -0.795. The number of amides is 3. The lowest BCUT2D eigenvalue weighted by Crippen LogP contribution is -2.49. The van der Waals surface area contributed by atoms with Gasteiger partial charge < -0.3 is 20.3 Å². The van der Waals surface area contributed by atoms with E-state index in [9.17, 15) is 14.4 Å². The van der Waals surface area contributed by atoms with E-state index in [1.54, 1.807) is 56.8 Å². The van der Waals surface area contributed by atoms with Crippen molar-refractivity contribution in [1.29, 1.82) is 0 Å². The first-order valence-corrected chi connectivity index (χ1v) is 12.4. The van der Waals surface area contributed by atoms with E-state index in [-0.39, 0.29) is 24.3 Å². The molecule has 200 valence electrons. The average molecular weight is 527 g/mol. The summed E-state index contributed by atoms with van der Waals surface area (Å²) >= 11 is 0. The molecule has 0 aliphatic carbocycles. The number of hydrogen-bond donors (Lipinski definition) is 2. The van der Waals surface area contributed by atoms with Crippen LogP contribution in [0.1, 0.15) is 12.5 Å². The maximum Gasteiger partial charge on any atom is 0.249 e. The number of carbonyl (C=O) groups excluding carboxylic acids is 3. The Morgan fingerprint density at radius 3 is 2.31 bits per heavy atom. The van der Waals surface area contributed by atoms with Crippen LogP contribution in [0.3, 0.4) is 0 Å². The number of aromatic nitrogens is 3. The molecule has 0 radical (unpaired) electrons. The predicted octanol–water partition coefficient (Wildman–Crippen LogP) is 3.30. The topological polar surface area (TPSA) is 118 Å². The molecule has 0 saturated carbocycles. The largest absolute Gasteiger partial charge is 0.497 e. The highest BCUT2D eigenvalue weighted by Crippen LogP contribution is 2.20. The molecule has 10 nitrogen and oxygen atoms in total. The van der Waals surface area contributed by atoms with Crippen LogP contribution < -0.4 is 20.3 Å². The van der Waals surface area contributed by atoms with Crippen molar-refractivity contribution in [3.63, 3.8) is 0 Å². The van der Waals surface area contributed by atoms with Gasteiger partial charge in [0, 0.05) is 37.3 Å². The van der Waals surface area contributed by atoms with Crippen molar-refractivity contribution in [2.24, 2.45) is 0 Å². The van der Waals surface area contributed by atoms with Gasteiger partial charge in [0.15, 0.2) is 0 Å². The van der Waals surface area contributed by atoms with Crippen molar-refractivity contribution < 1.29 is 19.1 Å². The van der Waals surface area contributed by atoms with Gasteiger partial charge in [0.25, 0.3) is 0 Å². The molecule has 3 aromatic carbocycles. The van der Waals surface area contributed by atoms with Gasteiger partial charge in [0.1, 0.15) is 24.0 Å². The molecule has 1 unspecified atom stereocenters. The summed E-state index contributed by atoms with van der Waals surface area (Å²) in [4.78, 5) is 39.3. The van der Waals surface area contributed by atoms with Gasteiger partial charge >= 0.3 is 0 Å². The molecular formula is C29H30N6O4. The van der Waals surface area contributed by atoms with Crippen molar-refractivity contribution >= 4 is 29.1 Å². The van der Waals surface area contributed by atoms with Crippen LogP contribution >= 0.6 is 0 Å². The Kier molecular flexibility index (Phi) is 8.67. The normalized spacial score (nSPS) is 11.4. The molecule has 1 aromatic heterocycles. The summed E-state index contributed by atoms with van der Waals surface area (Å²) in [6.07, 6.45) is 1.99. The highest BCUT2D eigenvalue weighted by molar-refractivity contribution is 5.99. The molecule has 1 heterocycles. The second-order valence-electron chi connectivity index (χ2n) is 8.97. The standard InChI is InChI=1S/C29H30N6O4/c1-20(36)30-23-11-9-22(10-12-23)27-18-35(33-32-27)19-28(37)31-26(17-21-7-5-4-6-8-21)29(38)34(2)24-13-15-25(39-3)16-14-24/h4-16,18,26H,17,19H2,1-3H3,(H,30,36)(H,31,37). The van der Waals surface area contributed by atoms with Crippen LogP contribution in [-0.4, -0.2) is 52.9 Å². The van der Waals surface area contributed by atoms with Crippen LogP contribution in [0.5, 0.6) is 5.75 Å². The maximum absolute atomic E-state index is 13.5. The molecule has 0 bridgehead atoms. The second-order valence-corrected chi connectivity index (χ2v) is 8.97. The molecule has 0 saturated heterocycles. The van der Waals surface area contributed by atoms with E-state index in [0.29, 0.717) is 29.2 Å². The minimum Gasteiger partial charge on any atom is -0.497 e. The van der Waals surface area contributed by atoms with Gasteiger partial charge in [-0.25, -0.2) is 4.68 Å². The highest BCUT2D eigenvalue weighted by Gasteiger charge is 2.25. The van der Waals surface area contributed by atoms with Crippen LogP contribution in [-0.2, 0) is 27.3 Å². The molecule has 0 fully saturated rings. The monoisotopic (exact) mass is 526 g/mol. The van der Waals surface area contributed by atoms with E-state index in [1.807, 2.05) is 42.5 Å². The Morgan fingerprint density at radius 2 is 1.67 bits per heavy atom. The number of carbonyl (C=O) groups is 3. The lowest BCUT2D eigenvalue weighted by molar-refractivity contribution is -0.127. The zero-order valence-corrected chi connectivity index (χ0v) is 22.0. The van der Waals surface area contributed by atoms with Gasteiger partial charge in [-0.2, -0.15) is 0 Å². The van der Waals surface area contributed by atoms with Crippen molar-refractivity contribution in [2.45, 2.75) is 25.9 Å². The first-order chi connectivity index (χ1) is 18.8. The van der Waals surface area contributed by atoms with Crippen LogP contribution in [0, 0.1) is 0 Å². The zero-order chi connectivity index (χ0) is 27.8. The number of methoxy groups -OCH3 is 1. The van der Waals surface area contributed by atoms with E-state index in [2.05, 4.69) is 20.9 Å². The van der Waals surface area contributed by atoms with Crippen molar-refractivity contribution in [3.05, 3.63) is 90.6 Å². The van der Waals surface area contributed by atoms with E-state index in [1.165, 1.54) is 16.5 Å². The highest BCUT2D eigenvalue weighted by atomic mass is 16.5. The second kappa shape index (κ2) is 12.5. The molecule has 0 aliphatic heterocycles. The minimum absolute atomic E-state index is 0.109. The van der Waals surface area contributed by atoms with Crippen LogP contribution in [0.4, 0.5) is 11.4 Å². The van der Waals surface area contributed by atoms with Crippen LogP contribution in [0.2, 0.25) is 0 Å². The van der Waals surface area contributed by atoms with Crippen LogP contribution in [0.25, 0.3) is 11.3 Å². The molecule has 3 amide bonds. The van der Waals surface area contributed by atoms with E-state index in [0.717, 1.165) is 11.1 Å². The summed E-state index contributed by atoms with van der Waals surface area (Å²) in [5.74, 6) is -0.0932. The van der Waals surface area contributed by atoms with Crippen molar-refractivity contribution in [1.82, 2.24) is 20.3 Å². The molecule has 4 aromatic rings. The Balaban J connectivity index is 1.45. The Morgan fingerprint density at radius 1 is 0.974 bits per heavy atom. The number of benzene rings is 3. The third kappa shape index (κ3) is 7.29. The number of likely N-dealkylation sites (N-methyl/N-ethyl adjacent to an activating group) is 1. The predicted molar refractivity (Wildman–Crippen MR) is 148 cm³/mol. The molecular weight excluding hydrogens is 496 g/mol. The molecule has 0 spiro atoms. The fourth-order valence-corrected chi connectivity index (χ4v) is 4.04. The van der Waals surface area contributed by atoms with Gasteiger partial charge in [0.05, 0.1) is 13.3 Å². The van der Waals surface area contributed by atoms with Gasteiger partial charge in [-0.15, -0.1) is 5.10 Å². The Bertz CT molecular complexity index is 1420. The number of anilines is 2. The molecule has 10 heteroatoms. The fourth-order valence-electron chi connectivity index (χ4n) is 4.04. The summed E-state index contributed by atoms with van der Waals surface area (Å²) < 4.78 is 6.63. The number of ether oxygens (including phenoxy) is 1. The van der Waals surface area contributed by atoms with Gasteiger partial charge in [-0.05, 0) is 42.0 Å². The molecule has 1 atom stereocenters. The molecule has 2 N–H and O–H groups in total. The van der Waals surface area contributed by atoms with E-state index in [4.69, 9.17) is 4.74 Å². The van der Waals surface area contributed by atoms with Gasteiger partial charge in [-0.1, -0.05) is 47.7 Å². The first-order valence-electron chi connectivity index (χ1n) is 12.4. The fraction of sp³-hybridized carbons (Fsp3) is 0.207. The van der Waals surface area contributed by atoms with Gasteiger partial charge in [-0.3, -0.25) is 14.4 Å². The molecule has 0 aliphatic rings. The van der Waals surface area contributed by atoms with E-state index >= 15 is 0 Å². The first kappa shape index (κ1) is 27.1. The summed E-state index contributed by atoms with van der Waals surface area (Å²) in [5, 5.41) is 13.8. The van der Waals surface area contributed by atoms with Crippen molar-refractivity contribution in [2.75, 3.05) is 24.4 Å². The van der Waals surface area contributed by atoms with Gasteiger partial charge in [0.2, 0.25) is 17.7 Å². The molecule has 4 rings (SSSR count). The summed E-state index contributed by atoms with van der Waals surface area (Å²) in [7, 11) is 3.26. The molecule has 39 heavy (non-hydrogen) atoms. The third-order valence-corrected chi connectivity index (χ3v) is 6.05. The average Bonchev–Trinajstić information content (AvgIpc) is 3.41. The smallest absolute Gasteiger partial charge is 0.249 e. The van der Waals surface area contributed by atoms with Crippen molar-refractivity contribution in [3.8, 4) is 17.0 Å². The summed E-state index contributed by atoms with van der Waals surface area (Å²) in [6.45, 7) is 1.33. The quantitative estimate of drug-likeness (QED) is 0.327. The van der Waals surface area contributed by atoms with E-state index < -0.39 is 6.04 Å². The third-order valence-electron chi connectivity index (χ3n) is 6.05. The Hall–Kier alpha value is -4.99. The summed E-state index contributed by atoms with van der Waals surface area (Å²) in [5.41, 5.74) is 3.64. The number of hydrogen-bond acceptors (Lipinski definition) is 6. The summed E-state index contributed by atoms with van der Waals surface area (Å²) in [6, 6.07) is 23.0. The Labute approximate surface area is 226 Å². The van der Waals surface area contributed by atoms with Crippen LogP contribution in [0.15, 0.2) is 85.1 Å². The lowest BCUT2D eigenvalue weighted by Gasteiger charge is -2.25. The number of nitrogens with zero attached hydrogens (tertiary/aromatic N) is 4. The zero-order valence-electron chi connectivity index (χ0n) is 22.0.